The Morgan fingerprint density at radius 2 is 1.53 bits per heavy atom. The van der Waals surface area contributed by atoms with Gasteiger partial charge in [-0.05, 0) is 20.3 Å². The van der Waals surface area contributed by atoms with Gasteiger partial charge in [0, 0.05) is 6.42 Å². The van der Waals surface area contributed by atoms with E-state index >= 15 is 0 Å². The molecule has 0 saturated heterocycles. The predicted molar refractivity (Wildman–Crippen MR) is 71.4 cm³/mol. The molecule has 0 atom stereocenters. The van der Waals surface area contributed by atoms with Crippen LogP contribution in [0.25, 0.3) is 0 Å². The molecule has 0 rings (SSSR count). The highest BCUT2D eigenvalue weighted by atomic mass is 32.2. The molecule has 104 valence electrons. The number of hydrogen-bond acceptors (Lipinski definition) is 3. The minimum absolute atomic E-state index is 0.135. The molecular formula is C12H28NO3S+. The standard InChI is InChI=1S/C12H28NO3S/c1-5-8-10-13(6-2,7-3)11-9-12-17(14,15)16-4/h5-12H2,1-4H3/q+1. The highest BCUT2D eigenvalue weighted by Gasteiger charge is 2.23. The summed E-state index contributed by atoms with van der Waals surface area (Å²) in [5.74, 6) is 0.135. The first kappa shape index (κ1) is 16.9. The molecule has 0 aromatic carbocycles. The first-order valence-electron chi connectivity index (χ1n) is 6.58. The summed E-state index contributed by atoms with van der Waals surface area (Å²) in [6, 6.07) is 0. The summed E-state index contributed by atoms with van der Waals surface area (Å²) in [7, 11) is -2.06. The van der Waals surface area contributed by atoms with Crippen LogP contribution in [-0.4, -0.2) is 51.9 Å². The summed E-state index contributed by atoms with van der Waals surface area (Å²) in [6.45, 7) is 10.8. The van der Waals surface area contributed by atoms with E-state index in [1.54, 1.807) is 0 Å². The molecular weight excluding hydrogens is 238 g/mol. The highest BCUT2D eigenvalue weighted by Crippen LogP contribution is 2.11. The third kappa shape index (κ3) is 6.38. The minimum atomic E-state index is -3.29. The van der Waals surface area contributed by atoms with E-state index < -0.39 is 10.1 Å². The summed E-state index contributed by atoms with van der Waals surface area (Å²) >= 11 is 0. The van der Waals surface area contributed by atoms with E-state index in [-0.39, 0.29) is 5.75 Å². The monoisotopic (exact) mass is 266 g/mol. The lowest BCUT2D eigenvalue weighted by Crippen LogP contribution is -2.49. The van der Waals surface area contributed by atoms with Gasteiger partial charge in [-0.3, -0.25) is 4.18 Å². The zero-order valence-corrected chi connectivity index (χ0v) is 12.6. The molecule has 0 aromatic rings. The topological polar surface area (TPSA) is 43.4 Å². The van der Waals surface area contributed by atoms with Crippen LogP contribution in [0.1, 0.15) is 40.0 Å². The average molecular weight is 266 g/mol. The lowest BCUT2D eigenvalue weighted by molar-refractivity contribution is -0.925. The molecule has 0 fully saturated rings. The van der Waals surface area contributed by atoms with Crippen LogP contribution in [0.15, 0.2) is 0 Å². The molecule has 0 spiro atoms. The second-order valence-electron chi connectivity index (χ2n) is 4.56. The van der Waals surface area contributed by atoms with Crippen LogP contribution in [0.4, 0.5) is 0 Å². The maximum atomic E-state index is 11.2. The zero-order valence-electron chi connectivity index (χ0n) is 11.7. The number of quaternary nitrogens is 1. The molecule has 0 saturated carbocycles. The van der Waals surface area contributed by atoms with Crippen LogP contribution in [0.2, 0.25) is 0 Å². The van der Waals surface area contributed by atoms with Crippen molar-refractivity contribution in [1.29, 1.82) is 0 Å². The molecule has 4 nitrogen and oxygen atoms in total. The van der Waals surface area contributed by atoms with Gasteiger partial charge in [0.2, 0.25) is 0 Å². The van der Waals surface area contributed by atoms with Crippen LogP contribution in [-0.2, 0) is 14.3 Å². The van der Waals surface area contributed by atoms with Gasteiger partial charge >= 0.3 is 0 Å². The van der Waals surface area contributed by atoms with Gasteiger partial charge in [0.05, 0.1) is 39.0 Å². The van der Waals surface area contributed by atoms with Crippen LogP contribution >= 0.6 is 0 Å². The van der Waals surface area contributed by atoms with E-state index in [0.29, 0.717) is 6.42 Å². The van der Waals surface area contributed by atoms with Gasteiger partial charge in [-0.2, -0.15) is 8.42 Å². The number of hydrogen-bond donors (Lipinski definition) is 0. The van der Waals surface area contributed by atoms with Crippen LogP contribution < -0.4 is 0 Å². The van der Waals surface area contributed by atoms with Crippen molar-refractivity contribution >= 4 is 10.1 Å². The normalized spacial score (nSPS) is 12.9. The predicted octanol–water partition coefficient (Wildman–Crippen LogP) is 2.01. The third-order valence-corrected chi connectivity index (χ3v) is 4.90. The van der Waals surface area contributed by atoms with Gasteiger partial charge < -0.3 is 4.48 Å². The van der Waals surface area contributed by atoms with Crippen LogP contribution in [0, 0.1) is 0 Å². The Labute approximate surface area is 107 Å². The fourth-order valence-electron chi connectivity index (χ4n) is 2.12. The Bertz CT molecular complexity index is 284. The van der Waals surface area contributed by atoms with Crippen molar-refractivity contribution in [3.8, 4) is 0 Å². The average Bonchev–Trinajstić information content (AvgIpc) is 2.34. The third-order valence-electron chi connectivity index (χ3n) is 3.61. The van der Waals surface area contributed by atoms with Gasteiger partial charge in [0.15, 0.2) is 0 Å². The SMILES string of the molecule is CCCC[N+](CC)(CC)CCCS(=O)(=O)OC. The molecule has 0 radical (unpaired) electrons. The maximum absolute atomic E-state index is 11.2. The van der Waals surface area contributed by atoms with Crippen molar-refractivity contribution in [3.05, 3.63) is 0 Å². The Morgan fingerprint density at radius 3 is 1.94 bits per heavy atom. The quantitative estimate of drug-likeness (QED) is 0.449. The number of unbranched alkanes of at least 4 members (excludes halogenated alkanes) is 1. The van der Waals surface area contributed by atoms with Crippen molar-refractivity contribution in [2.24, 2.45) is 0 Å². The van der Waals surface area contributed by atoms with Gasteiger partial charge in [-0.25, -0.2) is 0 Å². The van der Waals surface area contributed by atoms with Gasteiger partial charge in [0.25, 0.3) is 10.1 Å². The van der Waals surface area contributed by atoms with Crippen molar-refractivity contribution in [2.75, 3.05) is 39.0 Å². The van der Waals surface area contributed by atoms with Crippen molar-refractivity contribution in [3.63, 3.8) is 0 Å². The van der Waals surface area contributed by atoms with Crippen LogP contribution in [0.5, 0.6) is 0 Å². The lowest BCUT2D eigenvalue weighted by Gasteiger charge is -2.37. The Morgan fingerprint density at radius 1 is 1.00 bits per heavy atom. The molecule has 0 aliphatic heterocycles. The van der Waals surface area contributed by atoms with Crippen molar-refractivity contribution < 1.29 is 17.1 Å². The van der Waals surface area contributed by atoms with Gasteiger partial charge in [-0.15, -0.1) is 0 Å². The second-order valence-corrected chi connectivity index (χ2v) is 6.41. The second kappa shape index (κ2) is 8.06. The summed E-state index contributed by atoms with van der Waals surface area (Å²) < 4.78 is 28.0. The summed E-state index contributed by atoms with van der Waals surface area (Å²) in [4.78, 5) is 0. The molecule has 0 aromatic heterocycles. The highest BCUT2D eigenvalue weighted by molar-refractivity contribution is 7.86. The van der Waals surface area contributed by atoms with E-state index in [2.05, 4.69) is 25.0 Å². The molecule has 0 heterocycles. The van der Waals surface area contributed by atoms with E-state index in [1.807, 2.05) is 0 Å². The Hall–Kier alpha value is -0.130. The summed E-state index contributed by atoms with van der Waals surface area (Å²) in [6.07, 6.45) is 3.08. The number of rotatable bonds is 10. The lowest BCUT2D eigenvalue weighted by atomic mass is 10.2. The molecule has 0 amide bonds. The summed E-state index contributed by atoms with van der Waals surface area (Å²) in [5, 5.41) is 0. The minimum Gasteiger partial charge on any atom is -0.324 e. The van der Waals surface area contributed by atoms with Crippen LogP contribution in [0.3, 0.4) is 0 Å². The number of nitrogens with zero attached hydrogens (tertiary/aromatic N) is 1. The van der Waals surface area contributed by atoms with Crippen molar-refractivity contribution in [2.45, 2.75) is 40.0 Å². The maximum Gasteiger partial charge on any atom is 0.267 e. The van der Waals surface area contributed by atoms with E-state index in [0.717, 1.165) is 30.7 Å². The fraction of sp³-hybridized carbons (Fsp3) is 1.00. The fourth-order valence-corrected chi connectivity index (χ4v) is 2.77. The molecule has 17 heavy (non-hydrogen) atoms. The van der Waals surface area contributed by atoms with E-state index in [1.165, 1.54) is 20.0 Å². The molecule has 0 N–H and O–H groups in total. The molecule has 5 heteroatoms. The van der Waals surface area contributed by atoms with E-state index in [9.17, 15) is 8.42 Å². The Kier molecular flexibility index (Phi) is 8.00. The van der Waals surface area contributed by atoms with Gasteiger partial charge in [-0.1, -0.05) is 13.3 Å². The molecule has 0 aliphatic rings. The van der Waals surface area contributed by atoms with E-state index in [4.69, 9.17) is 0 Å². The Balaban J connectivity index is 4.26. The molecule has 0 bridgehead atoms. The summed E-state index contributed by atoms with van der Waals surface area (Å²) in [5.41, 5.74) is 0. The first-order valence-corrected chi connectivity index (χ1v) is 8.16. The zero-order chi connectivity index (χ0) is 13.4. The van der Waals surface area contributed by atoms with Gasteiger partial charge in [0.1, 0.15) is 0 Å². The van der Waals surface area contributed by atoms with Crippen molar-refractivity contribution in [1.82, 2.24) is 0 Å². The first-order chi connectivity index (χ1) is 7.95. The smallest absolute Gasteiger partial charge is 0.267 e. The largest absolute Gasteiger partial charge is 0.324 e. The molecule has 0 unspecified atom stereocenters. The molecule has 0 aliphatic carbocycles.